The molecule has 0 atom stereocenters. The number of hydrogen-bond donors (Lipinski definition) is 1. The Hall–Kier alpha value is -2.60. The van der Waals surface area contributed by atoms with Crippen LogP contribution in [0, 0.1) is 5.82 Å². The van der Waals surface area contributed by atoms with Crippen molar-refractivity contribution in [1.29, 1.82) is 0 Å². The van der Waals surface area contributed by atoms with E-state index in [1.54, 1.807) is 13.2 Å². The van der Waals surface area contributed by atoms with Gasteiger partial charge in [0, 0.05) is 39.3 Å². The molecule has 1 fully saturated rings. The van der Waals surface area contributed by atoms with E-state index in [4.69, 9.17) is 4.74 Å². The largest absolute Gasteiger partial charge is 0.497 e. The molecule has 0 saturated carbocycles. The second kappa shape index (κ2) is 10.1. The third-order valence-corrected chi connectivity index (χ3v) is 5.02. The summed E-state index contributed by atoms with van der Waals surface area (Å²) in [6.45, 7) is 4.67. The molecule has 0 aromatic heterocycles. The molecule has 1 N–H and O–H groups in total. The first-order valence-corrected chi connectivity index (χ1v) is 9.76. The van der Waals surface area contributed by atoms with Gasteiger partial charge in [0.2, 0.25) is 0 Å². The molecule has 150 valence electrons. The number of nitrogens with zero attached hydrogens (tertiary/aromatic N) is 2. The molecule has 1 aliphatic rings. The van der Waals surface area contributed by atoms with Crippen LogP contribution in [0.4, 0.5) is 9.18 Å². The van der Waals surface area contributed by atoms with E-state index in [1.165, 1.54) is 17.7 Å². The summed E-state index contributed by atoms with van der Waals surface area (Å²) in [6.07, 6.45) is 1.58. The standard InChI is InChI=1S/C22H28FN3O2/c1-28-21-8-6-19(7-9-21)17-25-12-3-13-26(15-14-25)22(27)24-11-10-18-4-2-5-20(23)16-18/h2,4-9,16H,3,10-15,17H2,1H3,(H,24,27). The Bertz CT molecular complexity index is 767. The topological polar surface area (TPSA) is 44.8 Å². The smallest absolute Gasteiger partial charge is 0.317 e. The van der Waals surface area contributed by atoms with Crippen molar-refractivity contribution in [2.45, 2.75) is 19.4 Å². The van der Waals surface area contributed by atoms with Crippen molar-refractivity contribution >= 4 is 6.03 Å². The molecule has 6 heteroatoms. The van der Waals surface area contributed by atoms with Crippen LogP contribution in [0.25, 0.3) is 0 Å². The third kappa shape index (κ3) is 5.96. The molecule has 28 heavy (non-hydrogen) atoms. The number of benzene rings is 2. The highest BCUT2D eigenvalue weighted by molar-refractivity contribution is 5.74. The van der Waals surface area contributed by atoms with Gasteiger partial charge in [-0.15, -0.1) is 0 Å². The van der Waals surface area contributed by atoms with Crippen molar-refractivity contribution in [2.75, 3.05) is 39.8 Å². The highest BCUT2D eigenvalue weighted by atomic mass is 19.1. The lowest BCUT2D eigenvalue weighted by Gasteiger charge is -2.22. The van der Waals surface area contributed by atoms with Crippen molar-refractivity contribution in [1.82, 2.24) is 15.1 Å². The van der Waals surface area contributed by atoms with E-state index in [2.05, 4.69) is 22.3 Å². The van der Waals surface area contributed by atoms with E-state index in [1.807, 2.05) is 23.1 Å². The molecule has 0 unspecified atom stereocenters. The number of ether oxygens (including phenoxy) is 1. The van der Waals surface area contributed by atoms with Crippen LogP contribution in [0.15, 0.2) is 48.5 Å². The molecule has 0 radical (unpaired) electrons. The lowest BCUT2D eigenvalue weighted by atomic mass is 10.1. The van der Waals surface area contributed by atoms with Crippen LogP contribution in [0.5, 0.6) is 5.75 Å². The van der Waals surface area contributed by atoms with Crippen LogP contribution in [-0.4, -0.2) is 55.7 Å². The van der Waals surface area contributed by atoms with Crippen molar-refractivity contribution in [3.8, 4) is 5.75 Å². The molecule has 1 saturated heterocycles. The maximum Gasteiger partial charge on any atom is 0.317 e. The van der Waals surface area contributed by atoms with Crippen LogP contribution in [0.3, 0.4) is 0 Å². The Morgan fingerprint density at radius 2 is 1.89 bits per heavy atom. The van der Waals surface area contributed by atoms with Gasteiger partial charge >= 0.3 is 6.03 Å². The summed E-state index contributed by atoms with van der Waals surface area (Å²) >= 11 is 0. The van der Waals surface area contributed by atoms with E-state index in [-0.39, 0.29) is 11.8 Å². The quantitative estimate of drug-likeness (QED) is 0.830. The summed E-state index contributed by atoms with van der Waals surface area (Å²) in [7, 11) is 1.67. The molecular weight excluding hydrogens is 357 g/mol. The highest BCUT2D eigenvalue weighted by Gasteiger charge is 2.18. The molecule has 5 nitrogen and oxygen atoms in total. The minimum absolute atomic E-state index is 0.0392. The maximum atomic E-state index is 13.2. The van der Waals surface area contributed by atoms with Gasteiger partial charge in [-0.05, 0) is 48.2 Å². The highest BCUT2D eigenvalue weighted by Crippen LogP contribution is 2.14. The van der Waals surface area contributed by atoms with Gasteiger partial charge in [-0.3, -0.25) is 4.90 Å². The van der Waals surface area contributed by atoms with Gasteiger partial charge in [-0.2, -0.15) is 0 Å². The van der Waals surface area contributed by atoms with E-state index < -0.39 is 0 Å². The minimum atomic E-state index is -0.242. The van der Waals surface area contributed by atoms with Crippen LogP contribution in [0.1, 0.15) is 17.5 Å². The fraction of sp³-hybridized carbons (Fsp3) is 0.409. The second-order valence-electron chi connectivity index (χ2n) is 7.08. The van der Waals surface area contributed by atoms with Gasteiger partial charge < -0.3 is 15.0 Å². The number of urea groups is 1. The molecule has 2 aromatic carbocycles. The van der Waals surface area contributed by atoms with E-state index in [9.17, 15) is 9.18 Å². The summed E-state index contributed by atoms with van der Waals surface area (Å²) in [6, 6.07) is 14.6. The van der Waals surface area contributed by atoms with Crippen molar-refractivity contribution in [3.05, 3.63) is 65.5 Å². The molecule has 0 bridgehead atoms. The Balaban J connectivity index is 1.42. The molecule has 1 aliphatic heterocycles. The maximum absolute atomic E-state index is 13.2. The zero-order valence-corrected chi connectivity index (χ0v) is 16.4. The molecule has 1 heterocycles. The lowest BCUT2D eigenvalue weighted by Crippen LogP contribution is -2.42. The Kier molecular flexibility index (Phi) is 7.25. The van der Waals surface area contributed by atoms with Gasteiger partial charge in [0.05, 0.1) is 7.11 Å². The predicted octanol–water partition coefficient (Wildman–Crippen LogP) is 3.29. The van der Waals surface area contributed by atoms with E-state index in [0.29, 0.717) is 19.5 Å². The molecule has 0 spiro atoms. The number of amides is 2. The van der Waals surface area contributed by atoms with E-state index in [0.717, 1.165) is 43.9 Å². The van der Waals surface area contributed by atoms with Gasteiger partial charge in [-0.1, -0.05) is 24.3 Å². The van der Waals surface area contributed by atoms with Crippen molar-refractivity contribution in [2.24, 2.45) is 0 Å². The van der Waals surface area contributed by atoms with Gasteiger partial charge in [0.25, 0.3) is 0 Å². The van der Waals surface area contributed by atoms with Crippen LogP contribution in [0.2, 0.25) is 0 Å². The normalized spacial score (nSPS) is 15.1. The summed E-state index contributed by atoms with van der Waals surface area (Å²) in [5.74, 6) is 0.619. The molecule has 2 amide bonds. The first-order chi connectivity index (χ1) is 13.6. The Morgan fingerprint density at radius 3 is 2.64 bits per heavy atom. The summed E-state index contributed by atoms with van der Waals surface area (Å²) in [5.41, 5.74) is 2.13. The van der Waals surface area contributed by atoms with Gasteiger partial charge in [0.15, 0.2) is 0 Å². The zero-order chi connectivity index (χ0) is 19.8. The van der Waals surface area contributed by atoms with Crippen molar-refractivity contribution < 1.29 is 13.9 Å². The van der Waals surface area contributed by atoms with Crippen molar-refractivity contribution in [3.63, 3.8) is 0 Å². The monoisotopic (exact) mass is 385 g/mol. The first kappa shape index (κ1) is 20.1. The van der Waals surface area contributed by atoms with Gasteiger partial charge in [0.1, 0.15) is 11.6 Å². The molecule has 3 rings (SSSR count). The molecule has 2 aromatic rings. The summed E-state index contributed by atoms with van der Waals surface area (Å²) in [4.78, 5) is 16.7. The number of hydrogen-bond acceptors (Lipinski definition) is 3. The average molecular weight is 385 g/mol. The fourth-order valence-electron chi connectivity index (χ4n) is 3.44. The third-order valence-electron chi connectivity index (χ3n) is 5.02. The van der Waals surface area contributed by atoms with Crippen LogP contribution >= 0.6 is 0 Å². The van der Waals surface area contributed by atoms with Gasteiger partial charge in [-0.25, -0.2) is 9.18 Å². The van der Waals surface area contributed by atoms with Crippen LogP contribution in [-0.2, 0) is 13.0 Å². The SMILES string of the molecule is COc1ccc(CN2CCCN(C(=O)NCCc3cccc(F)c3)CC2)cc1. The number of methoxy groups -OCH3 is 1. The Labute approximate surface area is 166 Å². The number of rotatable bonds is 6. The zero-order valence-electron chi connectivity index (χ0n) is 16.4. The average Bonchev–Trinajstić information content (AvgIpc) is 2.94. The minimum Gasteiger partial charge on any atom is -0.497 e. The number of nitrogens with one attached hydrogen (secondary N) is 1. The predicted molar refractivity (Wildman–Crippen MR) is 108 cm³/mol. The lowest BCUT2D eigenvalue weighted by molar-refractivity contribution is 0.198. The fourth-order valence-corrected chi connectivity index (χ4v) is 3.44. The number of halogens is 1. The van der Waals surface area contributed by atoms with Crippen LogP contribution < -0.4 is 10.1 Å². The number of carbonyl (C=O) groups excluding carboxylic acids is 1. The van der Waals surface area contributed by atoms with E-state index >= 15 is 0 Å². The number of carbonyl (C=O) groups is 1. The second-order valence-corrected chi connectivity index (χ2v) is 7.08. The molecular formula is C22H28FN3O2. The first-order valence-electron chi connectivity index (χ1n) is 9.76. The Morgan fingerprint density at radius 1 is 1.07 bits per heavy atom. The summed E-state index contributed by atoms with van der Waals surface area (Å²) < 4.78 is 18.4. The molecule has 0 aliphatic carbocycles. The summed E-state index contributed by atoms with van der Waals surface area (Å²) in [5, 5.41) is 2.96.